The second-order valence-corrected chi connectivity index (χ2v) is 9.16. The van der Waals surface area contributed by atoms with E-state index in [-0.39, 0.29) is 5.91 Å². The minimum Gasteiger partial charge on any atom is -0.361 e. The van der Waals surface area contributed by atoms with Crippen LogP contribution in [0.2, 0.25) is 0 Å². The molecule has 1 amide bonds. The lowest BCUT2D eigenvalue weighted by Crippen LogP contribution is -2.43. The molecule has 1 aromatic carbocycles. The Hall–Kier alpha value is -2.51. The van der Waals surface area contributed by atoms with Crippen LogP contribution in [-0.2, 0) is 17.8 Å². The second-order valence-electron chi connectivity index (χ2n) is 7.84. The van der Waals surface area contributed by atoms with Gasteiger partial charge >= 0.3 is 0 Å². The van der Waals surface area contributed by atoms with E-state index in [2.05, 4.69) is 33.3 Å². The number of benzene rings is 1. The molecule has 0 spiro atoms. The predicted molar refractivity (Wildman–Crippen MR) is 114 cm³/mol. The van der Waals surface area contributed by atoms with E-state index in [1.54, 1.807) is 18.4 Å². The molecule has 1 aliphatic rings. The van der Waals surface area contributed by atoms with Crippen molar-refractivity contribution in [2.24, 2.45) is 5.41 Å². The molecule has 0 aliphatic carbocycles. The van der Waals surface area contributed by atoms with Crippen LogP contribution in [0.3, 0.4) is 0 Å². The van der Waals surface area contributed by atoms with E-state index in [0.717, 1.165) is 47.1 Å². The molecular formula is C22H26N4O2S. The van der Waals surface area contributed by atoms with Crippen molar-refractivity contribution in [1.82, 2.24) is 20.4 Å². The minimum atomic E-state index is -0.503. The number of likely N-dealkylation sites (tertiary alicyclic amines) is 1. The van der Waals surface area contributed by atoms with Crippen LogP contribution in [-0.4, -0.2) is 41.1 Å². The molecule has 1 N–H and O–H groups in total. The average molecular weight is 411 g/mol. The zero-order valence-electron chi connectivity index (χ0n) is 17.1. The highest BCUT2D eigenvalue weighted by Gasteiger charge is 2.45. The van der Waals surface area contributed by atoms with Gasteiger partial charge in [-0.3, -0.25) is 9.69 Å². The van der Waals surface area contributed by atoms with Crippen molar-refractivity contribution in [3.05, 3.63) is 57.7 Å². The smallest absolute Gasteiger partial charge is 0.227 e. The lowest BCUT2D eigenvalue weighted by Gasteiger charge is -2.26. The molecule has 1 atom stereocenters. The SMILES string of the molecule is CNC(=O)[C@@]1(Cc2cc(-c3ccccc3C)no2)CCN(Cc2cnc(C)s2)C1. The lowest BCUT2D eigenvalue weighted by atomic mass is 9.81. The average Bonchev–Trinajstić information content (AvgIpc) is 3.44. The molecule has 3 heterocycles. The van der Waals surface area contributed by atoms with Gasteiger partial charge in [0.05, 0.1) is 10.4 Å². The maximum Gasteiger partial charge on any atom is 0.227 e. The molecule has 0 saturated carbocycles. The summed E-state index contributed by atoms with van der Waals surface area (Å²) in [5.41, 5.74) is 2.53. The van der Waals surface area contributed by atoms with Crippen molar-refractivity contribution in [3.8, 4) is 11.3 Å². The Labute approximate surface area is 174 Å². The van der Waals surface area contributed by atoms with Crippen molar-refractivity contribution in [3.63, 3.8) is 0 Å². The van der Waals surface area contributed by atoms with Gasteiger partial charge < -0.3 is 9.84 Å². The quantitative estimate of drug-likeness (QED) is 0.672. The number of nitrogens with zero attached hydrogens (tertiary/aromatic N) is 3. The van der Waals surface area contributed by atoms with E-state index < -0.39 is 5.41 Å². The van der Waals surface area contributed by atoms with Crippen molar-refractivity contribution >= 4 is 17.2 Å². The van der Waals surface area contributed by atoms with Crippen LogP contribution in [0, 0.1) is 19.3 Å². The monoisotopic (exact) mass is 410 g/mol. The van der Waals surface area contributed by atoms with Gasteiger partial charge in [-0.05, 0) is 32.4 Å². The minimum absolute atomic E-state index is 0.0642. The highest BCUT2D eigenvalue weighted by molar-refractivity contribution is 7.11. The third kappa shape index (κ3) is 4.11. The standard InChI is InChI=1S/C22H26N4O2S/c1-15-6-4-5-7-19(15)20-10-17(28-25-20)11-22(21(27)23-3)8-9-26(14-22)13-18-12-24-16(2)29-18/h4-7,10,12H,8-9,11,13-14H2,1-3H3,(H,23,27)/t22-/m1/s1. The summed E-state index contributed by atoms with van der Waals surface area (Å²) in [7, 11) is 1.71. The van der Waals surface area contributed by atoms with E-state index in [4.69, 9.17) is 4.52 Å². The predicted octanol–water partition coefficient (Wildman–Crippen LogP) is 3.60. The Morgan fingerprint density at radius 1 is 1.34 bits per heavy atom. The number of amides is 1. The highest BCUT2D eigenvalue weighted by Crippen LogP contribution is 2.36. The summed E-state index contributed by atoms with van der Waals surface area (Å²) >= 11 is 1.71. The number of carbonyl (C=O) groups excluding carboxylic acids is 1. The fourth-order valence-electron chi connectivity index (χ4n) is 4.18. The van der Waals surface area contributed by atoms with Gasteiger partial charge in [0.2, 0.25) is 5.91 Å². The zero-order valence-corrected chi connectivity index (χ0v) is 17.9. The summed E-state index contributed by atoms with van der Waals surface area (Å²) in [6, 6.07) is 10.1. The number of rotatable bonds is 6. The first kappa shape index (κ1) is 19.8. The number of aryl methyl sites for hydroxylation is 2. The van der Waals surface area contributed by atoms with Crippen molar-refractivity contribution in [2.45, 2.75) is 33.2 Å². The summed E-state index contributed by atoms with van der Waals surface area (Å²) < 4.78 is 5.66. The normalized spacial score (nSPS) is 19.6. The van der Waals surface area contributed by atoms with Gasteiger partial charge in [-0.1, -0.05) is 29.4 Å². The fraction of sp³-hybridized carbons (Fsp3) is 0.409. The Balaban J connectivity index is 1.52. The topological polar surface area (TPSA) is 71.3 Å². The van der Waals surface area contributed by atoms with Crippen LogP contribution in [0.5, 0.6) is 0 Å². The summed E-state index contributed by atoms with van der Waals surface area (Å²) in [5.74, 6) is 0.816. The largest absolute Gasteiger partial charge is 0.361 e. The molecular weight excluding hydrogens is 384 g/mol. The fourth-order valence-corrected chi connectivity index (χ4v) is 5.02. The maximum atomic E-state index is 12.9. The molecule has 0 radical (unpaired) electrons. The Morgan fingerprint density at radius 3 is 2.90 bits per heavy atom. The Morgan fingerprint density at radius 2 is 2.17 bits per heavy atom. The molecule has 2 aromatic heterocycles. The first-order valence-electron chi connectivity index (χ1n) is 9.86. The van der Waals surface area contributed by atoms with Gasteiger partial charge in [-0.15, -0.1) is 11.3 Å². The number of hydrogen-bond donors (Lipinski definition) is 1. The van der Waals surface area contributed by atoms with Gasteiger partial charge in [0.25, 0.3) is 0 Å². The highest BCUT2D eigenvalue weighted by atomic mass is 32.1. The Bertz CT molecular complexity index is 1010. The summed E-state index contributed by atoms with van der Waals surface area (Å²) in [5, 5.41) is 8.21. The molecule has 152 valence electrons. The van der Waals surface area contributed by atoms with E-state index in [9.17, 15) is 4.79 Å². The van der Waals surface area contributed by atoms with Gasteiger partial charge in [-0.2, -0.15) is 0 Å². The van der Waals surface area contributed by atoms with Crippen LogP contribution in [0.25, 0.3) is 11.3 Å². The van der Waals surface area contributed by atoms with E-state index in [1.807, 2.05) is 37.4 Å². The Kier molecular flexibility index (Phi) is 5.52. The third-order valence-electron chi connectivity index (χ3n) is 5.68. The first-order chi connectivity index (χ1) is 14.0. The zero-order chi connectivity index (χ0) is 20.4. The molecule has 29 heavy (non-hydrogen) atoms. The maximum absolute atomic E-state index is 12.9. The van der Waals surface area contributed by atoms with Crippen molar-refractivity contribution in [2.75, 3.05) is 20.1 Å². The molecule has 6 nitrogen and oxygen atoms in total. The molecule has 1 saturated heterocycles. The summed E-state index contributed by atoms with van der Waals surface area (Å²) in [4.78, 5) is 20.8. The van der Waals surface area contributed by atoms with Gasteiger partial charge in [0.15, 0.2) is 0 Å². The van der Waals surface area contributed by atoms with Crippen LogP contribution < -0.4 is 5.32 Å². The van der Waals surface area contributed by atoms with E-state index in [0.29, 0.717) is 13.0 Å². The van der Waals surface area contributed by atoms with Gasteiger partial charge in [-0.25, -0.2) is 4.98 Å². The van der Waals surface area contributed by atoms with Crippen molar-refractivity contribution < 1.29 is 9.32 Å². The molecule has 0 bridgehead atoms. The molecule has 3 aromatic rings. The van der Waals surface area contributed by atoms with Crippen LogP contribution >= 0.6 is 11.3 Å². The van der Waals surface area contributed by atoms with E-state index >= 15 is 0 Å². The van der Waals surface area contributed by atoms with Crippen LogP contribution in [0.4, 0.5) is 0 Å². The third-order valence-corrected chi connectivity index (χ3v) is 6.58. The van der Waals surface area contributed by atoms with Gasteiger partial charge in [0.1, 0.15) is 11.5 Å². The number of thiazole rings is 1. The first-order valence-corrected chi connectivity index (χ1v) is 10.7. The molecule has 0 unspecified atom stereocenters. The second kappa shape index (κ2) is 8.08. The number of aromatic nitrogens is 2. The van der Waals surface area contributed by atoms with Crippen molar-refractivity contribution in [1.29, 1.82) is 0 Å². The van der Waals surface area contributed by atoms with Crippen LogP contribution in [0.15, 0.2) is 41.1 Å². The number of hydrogen-bond acceptors (Lipinski definition) is 6. The van der Waals surface area contributed by atoms with Crippen LogP contribution in [0.1, 0.15) is 27.6 Å². The molecule has 1 fully saturated rings. The summed E-state index contributed by atoms with van der Waals surface area (Å²) in [6.07, 6.45) is 3.28. The van der Waals surface area contributed by atoms with E-state index in [1.165, 1.54) is 4.88 Å². The van der Waals surface area contributed by atoms with Gasteiger partial charge in [0, 0.05) is 49.3 Å². The number of carbonyl (C=O) groups is 1. The molecule has 1 aliphatic heterocycles. The number of nitrogens with one attached hydrogen (secondary N) is 1. The molecule has 7 heteroatoms. The molecule has 4 rings (SSSR count). The summed E-state index contributed by atoms with van der Waals surface area (Å²) in [6.45, 7) is 6.48. The lowest BCUT2D eigenvalue weighted by molar-refractivity contribution is -0.130.